The number of benzene rings is 1. The Hall–Kier alpha value is -1.28. The predicted octanol–water partition coefficient (Wildman–Crippen LogP) is 4.03. The van der Waals surface area contributed by atoms with E-state index in [1.807, 2.05) is 0 Å². The molecule has 0 fully saturated rings. The van der Waals surface area contributed by atoms with E-state index in [4.69, 9.17) is 4.74 Å². The van der Waals surface area contributed by atoms with E-state index in [9.17, 15) is 8.78 Å². The van der Waals surface area contributed by atoms with Crippen molar-refractivity contribution in [3.05, 3.63) is 38.9 Å². The van der Waals surface area contributed by atoms with Gasteiger partial charge in [0.2, 0.25) is 11.8 Å². The number of nitrogens with zero attached hydrogens (tertiary/aromatic N) is 2. The van der Waals surface area contributed by atoms with Crippen LogP contribution in [0.5, 0.6) is 5.88 Å². The summed E-state index contributed by atoms with van der Waals surface area (Å²) in [4.78, 5) is 7.91. The number of nitrogens with one attached hydrogen (secondary N) is 1. The monoisotopic (exact) mass is 393 g/mol. The van der Waals surface area contributed by atoms with E-state index in [0.717, 1.165) is 12.1 Å². The number of methoxy groups -OCH3 is 1. The van der Waals surface area contributed by atoms with E-state index in [1.165, 1.54) is 13.3 Å². The summed E-state index contributed by atoms with van der Waals surface area (Å²) < 4.78 is 32.6. The van der Waals surface area contributed by atoms with Crippen LogP contribution in [0, 0.1) is 11.6 Å². The number of hydrogen-bond donors (Lipinski definition) is 1. The quantitative estimate of drug-likeness (QED) is 0.798. The largest absolute Gasteiger partial charge is 0.480 e. The standard InChI is InChI=1S/C11H7Br2F2N3O/c1-19-10-6(13)4-16-11(18-10)17-9-3-7(14)5(12)2-8(9)15/h2-4H,1H3,(H,16,17,18). The SMILES string of the molecule is COc1nc(Nc2cc(F)c(Br)cc2F)ncc1Br. The zero-order valence-corrected chi connectivity index (χ0v) is 12.7. The van der Waals surface area contributed by atoms with E-state index < -0.39 is 11.6 Å². The van der Waals surface area contributed by atoms with Gasteiger partial charge >= 0.3 is 0 Å². The number of aromatic nitrogens is 2. The van der Waals surface area contributed by atoms with Crippen molar-refractivity contribution in [3.63, 3.8) is 0 Å². The molecule has 0 bridgehead atoms. The number of halogens is 4. The lowest BCUT2D eigenvalue weighted by Crippen LogP contribution is -2.01. The minimum absolute atomic E-state index is 0.0462. The highest BCUT2D eigenvalue weighted by Gasteiger charge is 2.11. The van der Waals surface area contributed by atoms with Crippen molar-refractivity contribution >= 4 is 43.5 Å². The molecule has 0 spiro atoms. The van der Waals surface area contributed by atoms with Crippen LogP contribution in [-0.2, 0) is 0 Å². The van der Waals surface area contributed by atoms with Crippen LogP contribution in [0.25, 0.3) is 0 Å². The molecule has 0 amide bonds. The Morgan fingerprint density at radius 2 is 1.89 bits per heavy atom. The smallest absolute Gasteiger partial charge is 0.232 e. The topological polar surface area (TPSA) is 47.0 Å². The van der Waals surface area contributed by atoms with Crippen LogP contribution in [0.2, 0.25) is 0 Å². The van der Waals surface area contributed by atoms with Gasteiger partial charge in [-0.1, -0.05) is 0 Å². The van der Waals surface area contributed by atoms with Crippen LogP contribution in [0.4, 0.5) is 20.4 Å². The van der Waals surface area contributed by atoms with Gasteiger partial charge in [0.05, 0.1) is 27.9 Å². The Kier molecular flexibility index (Phi) is 4.31. The summed E-state index contributed by atoms with van der Waals surface area (Å²) in [6.07, 6.45) is 1.45. The van der Waals surface area contributed by atoms with Crippen molar-refractivity contribution < 1.29 is 13.5 Å². The molecule has 100 valence electrons. The van der Waals surface area contributed by atoms with Crippen LogP contribution in [-0.4, -0.2) is 17.1 Å². The minimum Gasteiger partial charge on any atom is -0.480 e. The number of rotatable bonds is 3. The second-order valence-electron chi connectivity index (χ2n) is 3.42. The van der Waals surface area contributed by atoms with Crippen LogP contribution in [0.15, 0.2) is 27.3 Å². The van der Waals surface area contributed by atoms with E-state index in [1.54, 1.807) is 0 Å². The highest BCUT2D eigenvalue weighted by Crippen LogP contribution is 2.27. The van der Waals surface area contributed by atoms with Gasteiger partial charge < -0.3 is 10.1 Å². The molecule has 1 N–H and O–H groups in total. The molecule has 1 heterocycles. The van der Waals surface area contributed by atoms with Gasteiger partial charge in [0.25, 0.3) is 0 Å². The van der Waals surface area contributed by atoms with Crippen molar-refractivity contribution in [2.45, 2.75) is 0 Å². The first kappa shape index (κ1) is 14.1. The molecule has 0 aliphatic carbocycles. The first-order valence-corrected chi connectivity index (χ1v) is 6.58. The first-order chi connectivity index (χ1) is 9.01. The summed E-state index contributed by atoms with van der Waals surface area (Å²) in [5.74, 6) is -0.831. The van der Waals surface area contributed by atoms with Crippen LogP contribution in [0.1, 0.15) is 0 Å². The van der Waals surface area contributed by atoms with Crippen molar-refractivity contribution in [1.82, 2.24) is 9.97 Å². The second-order valence-corrected chi connectivity index (χ2v) is 5.13. The molecule has 4 nitrogen and oxygen atoms in total. The molecular weight excluding hydrogens is 388 g/mol. The molecule has 0 radical (unpaired) electrons. The van der Waals surface area contributed by atoms with Gasteiger partial charge in [-0.2, -0.15) is 4.98 Å². The van der Waals surface area contributed by atoms with Gasteiger partial charge in [-0.15, -0.1) is 0 Å². The number of hydrogen-bond acceptors (Lipinski definition) is 4. The zero-order valence-electron chi connectivity index (χ0n) is 9.55. The molecule has 1 aromatic heterocycles. The van der Waals surface area contributed by atoms with Gasteiger partial charge in [0.15, 0.2) is 0 Å². The first-order valence-electron chi connectivity index (χ1n) is 4.99. The third-order valence-electron chi connectivity index (χ3n) is 2.16. The van der Waals surface area contributed by atoms with Gasteiger partial charge in [-0.25, -0.2) is 13.8 Å². The molecular formula is C11H7Br2F2N3O. The van der Waals surface area contributed by atoms with E-state index in [2.05, 4.69) is 47.1 Å². The van der Waals surface area contributed by atoms with Gasteiger partial charge in [-0.05, 0) is 37.9 Å². The molecule has 0 aliphatic heterocycles. The second kappa shape index (κ2) is 5.79. The number of anilines is 2. The van der Waals surface area contributed by atoms with E-state index in [0.29, 0.717) is 4.47 Å². The molecule has 0 aliphatic rings. The lowest BCUT2D eigenvalue weighted by atomic mass is 10.3. The summed E-state index contributed by atoms with van der Waals surface area (Å²) in [7, 11) is 1.44. The average Bonchev–Trinajstić information content (AvgIpc) is 2.38. The Morgan fingerprint density at radius 3 is 2.58 bits per heavy atom. The van der Waals surface area contributed by atoms with Crippen molar-refractivity contribution in [3.8, 4) is 5.88 Å². The lowest BCUT2D eigenvalue weighted by Gasteiger charge is -2.08. The third kappa shape index (κ3) is 3.19. The lowest BCUT2D eigenvalue weighted by molar-refractivity contribution is 0.394. The summed E-state index contributed by atoms with van der Waals surface area (Å²) in [6.45, 7) is 0. The molecule has 19 heavy (non-hydrogen) atoms. The summed E-state index contributed by atoms with van der Waals surface area (Å²) in [6, 6.07) is 2.03. The summed E-state index contributed by atoms with van der Waals surface area (Å²) in [5.41, 5.74) is -0.0647. The molecule has 0 saturated carbocycles. The molecule has 0 unspecified atom stereocenters. The van der Waals surface area contributed by atoms with Gasteiger partial charge in [0, 0.05) is 6.07 Å². The Balaban J connectivity index is 2.33. The molecule has 0 atom stereocenters. The van der Waals surface area contributed by atoms with E-state index >= 15 is 0 Å². The Labute approximate surface area is 124 Å². The van der Waals surface area contributed by atoms with Crippen molar-refractivity contribution in [1.29, 1.82) is 0 Å². The summed E-state index contributed by atoms with van der Waals surface area (Å²) in [5, 5.41) is 2.58. The fourth-order valence-electron chi connectivity index (χ4n) is 1.29. The maximum Gasteiger partial charge on any atom is 0.232 e. The van der Waals surface area contributed by atoms with Crippen molar-refractivity contribution in [2.75, 3.05) is 12.4 Å². The maximum absolute atomic E-state index is 13.6. The number of ether oxygens (including phenoxy) is 1. The van der Waals surface area contributed by atoms with E-state index in [-0.39, 0.29) is 22.0 Å². The molecule has 2 aromatic rings. The molecule has 2 rings (SSSR count). The Bertz CT molecular complexity index is 625. The van der Waals surface area contributed by atoms with Crippen LogP contribution >= 0.6 is 31.9 Å². The predicted molar refractivity (Wildman–Crippen MR) is 73.6 cm³/mol. The average molecular weight is 395 g/mol. The van der Waals surface area contributed by atoms with Crippen molar-refractivity contribution in [2.24, 2.45) is 0 Å². The third-order valence-corrected chi connectivity index (χ3v) is 3.31. The fraction of sp³-hybridized carbons (Fsp3) is 0.0909. The molecule has 1 aromatic carbocycles. The highest BCUT2D eigenvalue weighted by atomic mass is 79.9. The van der Waals surface area contributed by atoms with Gasteiger partial charge in [-0.3, -0.25) is 0 Å². The molecule has 8 heteroatoms. The van der Waals surface area contributed by atoms with Gasteiger partial charge in [0.1, 0.15) is 11.6 Å². The van der Waals surface area contributed by atoms with Crippen LogP contribution in [0.3, 0.4) is 0 Å². The highest BCUT2D eigenvalue weighted by molar-refractivity contribution is 9.10. The normalized spacial score (nSPS) is 10.4. The zero-order chi connectivity index (χ0) is 14.0. The Morgan fingerprint density at radius 1 is 1.16 bits per heavy atom. The maximum atomic E-state index is 13.6. The fourth-order valence-corrected chi connectivity index (χ4v) is 1.96. The van der Waals surface area contributed by atoms with Crippen LogP contribution < -0.4 is 10.1 Å². The summed E-state index contributed by atoms with van der Waals surface area (Å²) >= 11 is 6.09. The minimum atomic E-state index is -0.626. The molecule has 0 saturated heterocycles.